The summed E-state index contributed by atoms with van der Waals surface area (Å²) in [5.41, 5.74) is 8.98. The Kier molecular flexibility index (Phi) is 23.9. The van der Waals surface area contributed by atoms with Crippen LogP contribution in [0.4, 0.5) is 5.69 Å². The first-order valence-corrected chi connectivity index (χ1v) is 26.6. The normalized spacial score (nSPS) is 38.4. The summed E-state index contributed by atoms with van der Waals surface area (Å²) < 4.78 is 44.1. The zero-order valence-electron chi connectivity index (χ0n) is 47.0. The quantitative estimate of drug-likeness (QED) is 0.0407. The molecule has 14 N–H and O–H groups in total. The molecule has 3 heterocycles. The number of ether oxygens (including phenoxy) is 7. The summed E-state index contributed by atoms with van der Waals surface area (Å²) in [7, 11) is 5.21. The highest BCUT2D eigenvalue weighted by atomic mass is 16.7. The predicted octanol–water partition coefficient (Wildman–Crippen LogP) is 1.58. The standard InChI is InChI=1S/C53H96N8O14/c1-14-42-53(10,68)46(64)35(6)59(12)27-31(2)25-51(8,67)48(33(4)45(34(5)49(66)73-42)74-43-26-52(9,69-13)47(65)36(7)72-43)75-50-44(63)41(24-32(3)71-50)58(11)22-20-37(54)28-60(56)21-15-23-70-40-18-16-39(17-19-40)61(57)29-38(55)30-62/h16-19,28-29,31-36,41-48,50,62-65,67-68H,14-15,20-27,30,54-57H2,1-13H3/b37-28-,38-29-/t31-,32-,33+,34-,35-,36+,41+,42-,43+,44-,45+,46-,47+,48-,50+,51-,52-,53-/m1/s1. The van der Waals surface area contributed by atoms with Crippen molar-refractivity contribution >= 4 is 11.7 Å². The summed E-state index contributed by atoms with van der Waals surface area (Å²) in [6.45, 7) is 18.8. The summed E-state index contributed by atoms with van der Waals surface area (Å²) in [5, 5.41) is 71.6. The van der Waals surface area contributed by atoms with Crippen molar-refractivity contribution in [3.8, 4) is 5.75 Å². The van der Waals surface area contributed by atoms with E-state index in [0.717, 1.165) is 0 Å². The topological polar surface area (TPSA) is 320 Å². The van der Waals surface area contributed by atoms with E-state index in [1.165, 1.54) is 30.3 Å². The molecule has 1 aromatic carbocycles. The molecule has 4 rings (SSSR count). The van der Waals surface area contributed by atoms with E-state index in [0.29, 0.717) is 62.6 Å². The highest BCUT2D eigenvalue weighted by Crippen LogP contribution is 2.40. The number of hydrogen-bond donors (Lipinski definition) is 10. The Morgan fingerprint density at radius 1 is 0.920 bits per heavy atom. The van der Waals surface area contributed by atoms with E-state index in [4.69, 9.17) is 61.4 Å². The molecule has 3 saturated heterocycles. The number of nitrogens with zero attached hydrogens (tertiary/aromatic N) is 4. The average Bonchev–Trinajstić information content (AvgIpc) is 3.35. The maximum atomic E-state index is 14.5. The number of cyclic esters (lactones) is 1. The van der Waals surface area contributed by atoms with Gasteiger partial charge in [0.1, 0.15) is 35.8 Å². The molecule has 3 aliphatic heterocycles. The van der Waals surface area contributed by atoms with Crippen molar-refractivity contribution in [2.24, 2.45) is 40.9 Å². The number of rotatable bonds is 19. The van der Waals surface area contributed by atoms with E-state index >= 15 is 0 Å². The van der Waals surface area contributed by atoms with Gasteiger partial charge in [-0.05, 0) is 112 Å². The molecule has 3 fully saturated rings. The summed E-state index contributed by atoms with van der Waals surface area (Å²) in [4.78, 5) is 18.4. The molecule has 0 aliphatic carbocycles. The lowest BCUT2D eigenvalue weighted by atomic mass is 9.77. The van der Waals surface area contributed by atoms with Gasteiger partial charge in [-0.25, -0.2) is 11.7 Å². The van der Waals surface area contributed by atoms with Gasteiger partial charge in [0.05, 0.1) is 66.1 Å². The van der Waals surface area contributed by atoms with Crippen molar-refractivity contribution in [1.82, 2.24) is 14.8 Å². The number of nitrogens with two attached hydrogens (primary N) is 4. The second kappa shape index (κ2) is 27.9. The highest BCUT2D eigenvalue weighted by molar-refractivity contribution is 5.73. The predicted molar refractivity (Wildman–Crippen MR) is 283 cm³/mol. The second-order valence-electron chi connectivity index (χ2n) is 22.3. The number of hydrazine groups is 2. The van der Waals surface area contributed by atoms with Crippen molar-refractivity contribution in [3.05, 3.63) is 48.1 Å². The van der Waals surface area contributed by atoms with Gasteiger partial charge in [-0.15, -0.1) is 0 Å². The number of methoxy groups -OCH3 is 1. The van der Waals surface area contributed by atoms with Gasteiger partial charge in [0.25, 0.3) is 0 Å². The summed E-state index contributed by atoms with van der Waals surface area (Å²) in [6, 6.07) is 6.04. The van der Waals surface area contributed by atoms with Crippen molar-refractivity contribution in [2.75, 3.05) is 59.1 Å². The van der Waals surface area contributed by atoms with E-state index in [1.807, 2.05) is 37.7 Å². The van der Waals surface area contributed by atoms with Gasteiger partial charge in [-0.3, -0.25) is 9.80 Å². The maximum Gasteiger partial charge on any atom is 0.311 e. The van der Waals surface area contributed by atoms with Crippen LogP contribution in [0, 0.1) is 17.8 Å². The van der Waals surface area contributed by atoms with Crippen LogP contribution in [-0.2, 0) is 33.2 Å². The maximum absolute atomic E-state index is 14.5. The van der Waals surface area contributed by atoms with Crippen LogP contribution < -0.4 is 32.9 Å². The second-order valence-corrected chi connectivity index (χ2v) is 22.3. The number of aliphatic hydroxyl groups is 6. The van der Waals surface area contributed by atoms with Crippen LogP contribution >= 0.6 is 0 Å². The fraction of sp³-hybridized carbons (Fsp3) is 0.792. The minimum atomic E-state index is -1.85. The van der Waals surface area contributed by atoms with Gasteiger partial charge >= 0.3 is 5.97 Å². The number of benzene rings is 1. The molecule has 432 valence electrons. The van der Waals surface area contributed by atoms with E-state index in [-0.39, 0.29) is 43.6 Å². The van der Waals surface area contributed by atoms with E-state index in [1.54, 1.807) is 78.9 Å². The van der Waals surface area contributed by atoms with E-state index in [9.17, 15) is 30.3 Å². The van der Waals surface area contributed by atoms with Crippen LogP contribution in [-0.4, -0.2) is 196 Å². The minimum Gasteiger partial charge on any atom is -0.494 e. The number of aliphatic hydroxyl groups excluding tert-OH is 4. The van der Waals surface area contributed by atoms with Gasteiger partial charge in [0, 0.05) is 82.1 Å². The fourth-order valence-electron chi connectivity index (χ4n) is 10.9. The molecular weight excluding hydrogens is 973 g/mol. The summed E-state index contributed by atoms with van der Waals surface area (Å²) in [6.07, 6.45) is -5.19. The van der Waals surface area contributed by atoms with Crippen LogP contribution in [0.25, 0.3) is 0 Å². The summed E-state index contributed by atoms with van der Waals surface area (Å²) in [5.74, 6) is 10.1. The number of likely N-dealkylation sites (N-methyl/N-ethyl adjacent to an activating group) is 2. The monoisotopic (exact) mass is 1070 g/mol. The molecule has 0 aromatic heterocycles. The Hall–Kier alpha value is -3.43. The molecule has 0 spiro atoms. The van der Waals surface area contributed by atoms with E-state index in [2.05, 4.69) is 0 Å². The lowest BCUT2D eigenvalue weighted by molar-refractivity contribution is -0.318. The first-order chi connectivity index (χ1) is 35.0. The zero-order valence-corrected chi connectivity index (χ0v) is 47.0. The number of carbonyl (C=O) groups is 1. The largest absolute Gasteiger partial charge is 0.494 e. The van der Waals surface area contributed by atoms with Crippen LogP contribution in [0.2, 0.25) is 0 Å². The molecule has 0 unspecified atom stereocenters. The highest BCUT2D eigenvalue weighted by Gasteiger charge is 2.53. The molecule has 0 radical (unpaired) electrons. The molecule has 22 heteroatoms. The zero-order chi connectivity index (χ0) is 56.3. The smallest absolute Gasteiger partial charge is 0.311 e. The third kappa shape index (κ3) is 17.0. The average molecular weight is 1070 g/mol. The van der Waals surface area contributed by atoms with Gasteiger partial charge in [-0.1, -0.05) is 20.8 Å². The SMILES string of the molecule is CC[C@H]1OC(=O)[C@H](C)[C@@H](O[C@H]2C[C@@](C)(OC)[C@@H](O)[C@H](C)O2)[C@H](C)[C@@H](O[C@@H]2O[C@H](C)C[C@H](N(C)CC/C(N)=C/N(N)CCCOc3ccc(N(N)/C=C(\N)CO)cc3)[C@H]2O)[C@](C)(O)C[C@@H](C)CN(C)[C@H](C)[C@@H](O)[C@]1(C)O. The Balaban J connectivity index is 1.55. The summed E-state index contributed by atoms with van der Waals surface area (Å²) >= 11 is 0. The Labute approximate surface area is 445 Å². The first kappa shape index (κ1) is 64.1. The Morgan fingerprint density at radius 3 is 2.19 bits per heavy atom. The molecule has 75 heavy (non-hydrogen) atoms. The van der Waals surface area contributed by atoms with Crippen LogP contribution in [0.15, 0.2) is 48.1 Å². The molecule has 18 atom stereocenters. The molecule has 0 amide bonds. The molecule has 22 nitrogen and oxygen atoms in total. The van der Waals surface area contributed by atoms with Gasteiger partial charge in [0.2, 0.25) is 0 Å². The van der Waals surface area contributed by atoms with Crippen LogP contribution in [0.3, 0.4) is 0 Å². The molecular formula is C53H96N8O14. The van der Waals surface area contributed by atoms with Gasteiger partial charge in [-0.2, -0.15) is 0 Å². The third-order valence-corrected chi connectivity index (χ3v) is 15.6. The van der Waals surface area contributed by atoms with Crippen molar-refractivity contribution in [3.63, 3.8) is 0 Å². The number of hydrogen-bond acceptors (Lipinski definition) is 22. The number of esters is 1. The lowest BCUT2D eigenvalue weighted by Crippen LogP contribution is -2.61. The number of carbonyl (C=O) groups excluding carboxylic acids is 1. The van der Waals surface area contributed by atoms with Crippen LogP contribution in [0.1, 0.15) is 108 Å². The van der Waals surface area contributed by atoms with Crippen molar-refractivity contribution in [1.29, 1.82) is 0 Å². The number of anilines is 1. The van der Waals surface area contributed by atoms with E-state index < -0.39 is 102 Å². The molecule has 1 aromatic rings. The van der Waals surface area contributed by atoms with Crippen LogP contribution in [0.5, 0.6) is 5.75 Å². The lowest BCUT2D eigenvalue weighted by Gasteiger charge is -2.49. The minimum absolute atomic E-state index is 0.0881. The third-order valence-electron chi connectivity index (χ3n) is 15.6. The fourth-order valence-corrected chi connectivity index (χ4v) is 10.9. The van der Waals surface area contributed by atoms with Crippen molar-refractivity contribution in [2.45, 2.75) is 198 Å². The first-order valence-electron chi connectivity index (χ1n) is 26.6. The van der Waals surface area contributed by atoms with Gasteiger partial charge < -0.3 is 90.1 Å². The Bertz CT molecular complexity index is 1970. The van der Waals surface area contributed by atoms with Crippen molar-refractivity contribution < 1.29 is 68.6 Å². The molecule has 0 bridgehead atoms. The molecule has 3 aliphatic rings. The Morgan fingerprint density at radius 2 is 1.57 bits per heavy atom. The molecule has 0 saturated carbocycles. The van der Waals surface area contributed by atoms with Gasteiger partial charge in [0.15, 0.2) is 12.6 Å².